The molecule has 0 aliphatic heterocycles. The Morgan fingerprint density at radius 2 is 1.16 bits per heavy atom. The van der Waals surface area contributed by atoms with Crippen molar-refractivity contribution in [1.82, 2.24) is 4.72 Å². The second kappa shape index (κ2) is 9.87. The molecular weight excluding hydrogens is 422 g/mol. The van der Waals surface area contributed by atoms with Crippen molar-refractivity contribution in [3.05, 3.63) is 90.0 Å². The third kappa shape index (κ3) is 5.29. The molecule has 0 bridgehead atoms. The molecule has 0 unspecified atom stereocenters. The molecule has 0 heterocycles. The topological polar surface area (TPSA) is 78.5 Å². The fourth-order valence-electron chi connectivity index (χ4n) is 3.55. The van der Waals surface area contributed by atoms with Gasteiger partial charge in [0.1, 0.15) is 0 Å². The molecule has 2 amide bonds. The fourth-order valence-corrected chi connectivity index (χ4v) is 4.73. The predicted octanol–water partition coefficient (Wildman–Crippen LogP) is 6.14. The lowest BCUT2D eigenvalue weighted by atomic mass is 9.93. The average molecular weight is 452 g/mol. The van der Waals surface area contributed by atoms with Crippen LogP contribution in [-0.2, 0) is 10.2 Å². The number of anilines is 3. The second-order valence-corrected chi connectivity index (χ2v) is 9.64. The van der Waals surface area contributed by atoms with E-state index in [0.29, 0.717) is 17.1 Å². The maximum atomic E-state index is 13.3. The first-order valence-corrected chi connectivity index (χ1v) is 12.0. The Kier molecular flexibility index (Phi) is 7.20. The van der Waals surface area contributed by atoms with Gasteiger partial charge in [-0.2, -0.15) is 8.42 Å². The van der Waals surface area contributed by atoms with Gasteiger partial charge >= 0.3 is 16.2 Å². The zero-order chi connectivity index (χ0) is 23.3. The number of benzene rings is 3. The molecule has 3 aromatic rings. The zero-order valence-corrected chi connectivity index (χ0v) is 19.6. The predicted molar refractivity (Wildman–Crippen MR) is 131 cm³/mol. The number of urea groups is 1. The van der Waals surface area contributed by atoms with E-state index in [-0.39, 0.29) is 11.8 Å². The quantitative estimate of drug-likeness (QED) is 0.453. The number of carbonyl (C=O) groups excluding carboxylic acids is 1. The molecule has 0 aromatic heterocycles. The summed E-state index contributed by atoms with van der Waals surface area (Å²) in [6.45, 7) is 8.13. The van der Waals surface area contributed by atoms with Crippen LogP contribution in [0, 0.1) is 0 Å². The third-order valence-corrected chi connectivity index (χ3v) is 6.40. The summed E-state index contributed by atoms with van der Waals surface area (Å²) in [5.74, 6) is 0.316. The lowest BCUT2D eigenvalue weighted by Gasteiger charge is -2.25. The first-order chi connectivity index (χ1) is 15.2. The van der Waals surface area contributed by atoms with Crippen molar-refractivity contribution in [2.24, 2.45) is 0 Å². The molecule has 0 atom stereocenters. The molecule has 0 fully saturated rings. The smallest absolute Gasteiger partial charge is 0.307 e. The highest BCUT2D eigenvalue weighted by Crippen LogP contribution is 2.33. The van der Waals surface area contributed by atoms with Crippen molar-refractivity contribution in [1.29, 1.82) is 0 Å². The van der Waals surface area contributed by atoms with E-state index in [2.05, 4.69) is 10.0 Å². The largest absolute Gasteiger partial charge is 0.334 e. The van der Waals surface area contributed by atoms with Gasteiger partial charge in [0.05, 0.1) is 11.4 Å². The van der Waals surface area contributed by atoms with Gasteiger partial charge in [-0.15, -0.1) is 0 Å². The average Bonchev–Trinajstić information content (AvgIpc) is 2.74. The summed E-state index contributed by atoms with van der Waals surface area (Å²) in [5.41, 5.74) is 3.39. The van der Waals surface area contributed by atoms with Crippen LogP contribution in [0.4, 0.5) is 21.9 Å². The highest BCUT2D eigenvalue weighted by Gasteiger charge is 2.27. The molecule has 0 saturated heterocycles. The van der Waals surface area contributed by atoms with Gasteiger partial charge in [-0.3, -0.25) is 0 Å². The number of carbonyl (C=O) groups is 1. The molecule has 0 aliphatic carbocycles. The highest BCUT2D eigenvalue weighted by molar-refractivity contribution is 7.91. The Morgan fingerprint density at radius 3 is 1.56 bits per heavy atom. The molecule has 32 heavy (non-hydrogen) atoms. The lowest BCUT2D eigenvalue weighted by Crippen LogP contribution is -2.43. The number of hydrogen-bond acceptors (Lipinski definition) is 3. The Balaban J connectivity index is 1.95. The molecule has 0 saturated carbocycles. The number of nitrogens with one attached hydrogen (secondary N) is 2. The Bertz CT molecular complexity index is 1100. The number of para-hydroxylation sites is 3. The van der Waals surface area contributed by atoms with E-state index >= 15 is 0 Å². The Labute approximate surface area is 190 Å². The Hall–Kier alpha value is -3.32. The number of hydrogen-bond donors (Lipinski definition) is 2. The summed E-state index contributed by atoms with van der Waals surface area (Å²) < 4.78 is 29.9. The van der Waals surface area contributed by atoms with Crippen LogP contribution >= 0.6 is 0 Å². The first kappa shape index (κ1) is 23.3. The SMILES string of the molecule is CC(C)c1cccc(C(C)C)c1NC(=O)NS(=O)(=O)N(c1ccccc1)c1ccccc1. The van der Waals surface area contributed by atoms with Crippen LogP contribution in [-0.4, -0.2) is 14.4 Å². The van der Waals surface area contributed by atoms with Crippen LogP contribution in [0.25, 0.3) is 0 Å². The molecule has 3 rings (SSSR count). The second-order valence-electron chi connectivity index (χ2n) is 8.12. The standard InChI is InChI=1S/C25H29N3O3S/c1-18(2)22-16-11-17-23(19(3)4)24(22)26-25(29)27-32(30,31)28(20-12-7-5-8-13-20)21-14-9-6-10-15-21/h5-19H,1-4H3,(H2,26,27,29). The molecule has 0 aliphatic rings. The van der Waals surface area contributed by atoms with Crippen molar-refractivity contribution in [3.63, 3.8) is 0 Å². The lowest BCUT2D eigenvalue weighted by molar-refractivity contribution is 0.256. The molecule has 0 spiro atoms. The molecular formula is C25H29N3O3S. The van der Waals surface area contributed by atoms with Gasteiger partial charge in [0.15, 0.2) is 0 Å². The van der Waals surface area contributed by atoms with E-state index in [1.807, 2.05) is 45.9 Å². The van der Waals surface area contributed by atoms with Crippen LogP contribution in [0.1, 0.15) is 50.7 Å². The number of rotatable bonds is 7. The van der Waals surface area contributed by atoms with Crippen LogP contribution < -0.4 is 14.3 Å². The van der Waals surface area contributed by atoms with E-state index in [9.17, 15) is 13.2 Å². The van der Waals surface area contributed by atoms with Gasteiger partial charge in [-0.1, -0.05) is 82.3 Å². The summed E-state index contributed by atoms with van der Waals surface area (Å²) >= 11 is 0. The summed E-state index contributed by atoms with van der Waals surface area (Å²) in [6.07, 6.45) is 0. The van der Waals surface area contributed by atoms with E-state index in [4.69, 9.17) is 0 Å². The molecule has 0 radical (unpaired) electrons. The van der Waals surface area contributed by atoms with Gasteiger partial charge in [-0.05, 0) is 47.2 Å². The maximum Gasteiger partial charge on any atom is 0.334 e. The van der Waals surface area contributed by atoms with Crippen molar-refractivity contribution >= 4 is 33.3 Å². The summed E-state index contributed by atoms with van der Waals surface area (Å²) in [5, 5.41) is 2.80. The van der Waals surface area contributed by atoms with E-state index in [0.717, 1.165) is 15.4 Å². The van der Waals surface area contributed by atoms with E-state index in [1.54, 1.807) is 60.7 Å². The molecule has 7 heteroatoms. The molecule has 6 nitrogen and oxygen atoms in total. The molecule has 168 valence electrons. The van der Waals surface area contributed by atoms with Gasteiger partial charge in [-0.25, -0.2) is 13.8 Å². The highest BCUT2D eigenvalue weighted by atomic mass is 32.2. The zero-order valence-electron chi connectivity index (χ0n) is 18.7. The first-order valence-electron chi connectivity index (χ1n) is 10.6. The van der Waals surface area contributed by atoms with Crippen molar-refractivity contribution in [2.45, 2.75) is 39.5 Å². The van der Waals surface area contributed by atoms with Gasteiger partial charge < -0.3 is 5.32 Å². The van der Waals surface area contributed by atoms with Gasteiger partial charge in [0, 0.05) is 5.69 Å². The minimum atomic E-state index is -4.24. The van der Waals surface area contributed by atoms with Crippen molar-refractivity contribution in [3.8, 4) is 0 Å². The summed E-state index contributed by atoms with van der Waals surface area (Å²) in [4.78, 5) is 12.9. The fraction of sp³-hybridized carbons (Fsp3) is 0.240. The number of amides is 2. The van der Waals surface area contributed by atoms with Crippen molar-refractivity contribution in [2.75, 3.05) is 9.62 Å². The third-order valence-electron chi connectivity index (χ3n) is 5.05. The van der Waals surface area contributed by atoms with Crippen LogP contribution in [0.2, 0.25) is 0 Å². The summed E-state index contributed by atoms with van der Waals surface area (Å²) in [7, 11) is -4.24. The van der Waals surface area contributed by atoms with Gasteiger partial charge in [0.25, 0.3) is 0 Å². The maximum absolute atomic E-state index is 13.3. The van der Waals surface area contributed by atoms with Crippen LogP contribution in [0.5, 0.6) is 0 Å². The van der Waals surface area contributed by atoms with E-state index < -0.39 is 16.2 Å². The molecule has 3 aromatic carbocycles. The normalized spacial score (nSPS) is 11.4. The van der Waals surface area contributed by atoms with Crippen molar-refractivity contribution < 1.29 is 13.2 Å². The minimum Gasteiger partial charge on any atom is -0.307 e. The Morgan fingerprint density at radius 1 is 0.719 bits per heavy atom. The summed E-state index contributed by atoms with van der Waals surface area (Å²) in [6, 6.07) is 22.3. The van der Waals surface area contributed by atoms with E-state index in [1.165, 1.54) is 0 Å². The van der Waals surface area contributed by atoms with Crippen LogP contribution in [0.3, 0.4) is 0 Å². The monoisotopic (exact) mass is 451 g/mol. The van der Waals surface area contributed by atoms with Gasteiger partial charge in [0.2, 0.25) is 0 Å². The number of nitrogens with zero attached hydrogens (tertiary/aromatic N) is 1. The molecule has 2 N–H and O–H groups in total. The minimum absolute atomic E-state index is 0.158. The van der Waals surface area contributed by atoms with Crippen LogP contribution in [0.15, 0.2) is 78.9 Å².